The second kappa shape index (κ2) is 12.1. The van der Waals surface area contributed by atoms with Crippen LogP contribution in [-0.4, -0.2) is 29.3 Å². The van der Waals surface area contributed by atoms with Crippen molar-refractivity contribution in [3.05, 3.63) is 69.2 Å². The van der Waals surface area contributed by atoms with Gasteiger partial charge in [-0.05, 0) is 54.5 Å². The zero-order valence-corrected chi connectivity index (χ0v) is 20.3. The van der Waals surface area contributed by atoms with Crippen molar-refractivity contribution in [3.63, 3.8) is 0 Å². The Balaban J connectivity index is 2.14. The first-order valence-electron chi connectivity index (χ1n) is 10.8. The zero-order valence-electron chi connectivity index (χ0n) is 18.8. The van der Waals surface area contributed by atoms with Crippen LogP contribution in [0.25, 0.3) is 0 Å². The molecule has 0 aliphatic heterocycles. The van der Waals surface area contributed by atoms with Crippen molar-refractivity contribution in [2.24, 2.45) is 0 Å². The molecule has 168 valence electrons. The van der Waals surface area contributed by atoms with Gasteiger partial charge in [-0.1, -0.05) is 74.3 Å². The minimum atomic E-state index is -0.586. The highest BCUT2D eigenvalue weighted by molar-refractivity contribution is 6.42. The Bertz CT molecular complexity index is 882. The van der Waals surface area contributed by atoms with Gasteiger partial charge in [0, 0.05) is 19.5 Å². The van der Waals surface area contributed by atoms with Crippen LogP contribution in [0.5, 0.6) is 0 Å². The molecule has 0 saturated heterocycles. The average Bonchev–Trinajstić information content (AvgIpc) is 2.76. The van der Waals surface area contributed by atoms with E-state index in [9.17, 15) is 9.59 Å². The van der Waals surface area contributed by atoms with Gasteiger partial charge in [0.2, 0.25) is 11.8 Å². The lowest BCUT2D eigenvalue weighted by Crippen LogP contribution is -2.47. The molecule has 0 aliphatic carbocycles. The molecule has 0 spiro atoms. The van der Waals surface area contributed by atoms with Gasteiger partial charge in [0.25, 0.3) is 0 Å². The third-order valence-electron chi connectivity index (χ3n) is 5.33. The van der Waals surface area contributed by atoms with E-state index in [1.54, 1.807) is 24.0 Å². The largest absolute Gasteiger partial charge is 0.354 e. The maximum absolute atomic E-state index is 13.2. The molecule has 0 saturated carbocycles. The van der Waals surface area contributed by atoms with Crippen molar-refractivity contribution in [1.29, 1.82) is 0 Å². The highest BCUT2D eigenvalue weighted by Crippen LogP contribution is 2.24. The molecule has 2 amide bonds. The third-order valence-corrected chi connectivity index (χ3v) is 6.07. The quantitative estimate of drug-likeness (QED) is 0.470. The van der Waals surface area contributed by atoms with Crippen LogP contribution in [0.15, 0.2) is 42.5 Å². The summed E-state index contributed by atoms with van der Waals surface area (Å²) in [6, 6.07) is 13.1. The van der Waals surface area contributed by atoms with Gasteiger partial charge in [0.1, 0.15) is 6.04 Å². The van der Waals surface area contributed by atoms with Gasteiger partial charge >= 0.3 is 0 Å². The summed E-state index contributed by atoms with van der Waals surface area (Å²) in [6.45, 7) is 8.95. The highest BCUT2D eigenvalue weighted by Gasteiger charge is 2.25. The van der Waals surface area contributed by atoms with E-state index in [-0.39, 0.29) is 11.8 Å². The van der Waals surface area contributed by atoms with Crippen molar-refractivity contribution in [3.8, 4) is 0 Å². The maximum Gasteiger partial charge on any atom is 0.242 e. The second-order valence-corrected chi connectivity index (χ2v) is 8.95. The molecule has 6 heteroatoms. The van der Waals surface area contributed by atoms with Gasteiger partial charge < -0.3 is 10.2 Å². The van der Waals surface area contributed by atoms with Gasteiger partial charge in [0.15, 0.2) is 0 Å². The normalized spacial score (nSPS) is 12.0. The molecule has 2 rings (SSSR count). The van der Waals surface area contributed by atoms with Crippen molar-refractivity contribution < 1.29 is 9.59 Å². The van der Waals surface area contributed by atoms with E-state index < -0.39 is 6.04 Å². The fraction of sp³-hybridized carbons (Fsp3) is 0.440. The number of nitrogens with zero attached hydrogens (tertiary/aromatic N) is 1. The Morgan fingerprint density at radius 1 is 0.968 bits per heavy atom. The summed E-state index contributed by atoms with van der Waals surface area (Å²) in [6.07, 6.45) is 1.79. The lowest BCUT2D eigenvalue weighted by atomic mass is 10.00. The summed E-state index contributed by atoms with van der Waals surface area (Å²) < 4.78 is 0. The van der Waals surface area contributed by atoms with E-state index >= 15 is 0 Å². The molecular formula is C25H32Cl2N2O2. The van der Waals surface area contributed by atoms with Crippen LogP contribution in [0.1, 0.15) is 63.1 Å². The van der Waals surface area contributed by atoms with E-state index in [1.807, 2.05) is 13.0 Å². The number of nitrogens with one attached hydrogen (secondary N) is 1. The topological polar surface area (TPSA) is 49.4 Å². The van der Waals surface area contributed by atoms with Gasteiger partial charge in [-0.3, -0.25) is 9.59 Å². The third kappa shape index (κ3) is 7.55. The Morgan fingerprint density at radius 3 is 2.19 bits per heavy atom. The van der Waals surface area contributed by atoms with Crippen LogP contribution in [0.3, 0.4) is 0 Å². The molecular weight excluding hydrogens is 431 g/mol. The van der Waals surface area contributed by atoms with Crippen molar-refractivity contribution in [2.75, 3.05) is 6.54 Å². The van der Waals surface area contributed by atoms with E-state index in [1.165, 1.54) is 5.56 Å². The summed E-state index contributed by atoms with van der Waals surface area (Å²) in [5.41, 5.74) is 3.21. The first kappa shape index (κ1) is 25.2. The number of amides is 2. The van der Waals surface area contributed by atoms with Crippen molar-refractivity contribution in [2.45, 2.75) is 65.5 Å². The molecule has 31 heavy (non-hydrogen) atoms. The molecule has 2 aromatic rings. The number of hydrogen-bond donors (Lipinski definition) is 1. The van der Waals surface area contributed by atoms with Crippen molar-refractivity contribution in [1.82, 2.24) is 10.2 Å². The Hall–Kier alpha value is -2.04. The van der Waals surface area contributed by atoms with Crippen LogP contribution in [0.2, 0.25) is 10.0 Å². The number of benzene rings is 2. The number of carbonyl (C=O) groups is 2. The molecule has 0 unspecified atom stereocenters. The second-order valence-electron chi connectivity index (χ2n) is 8.13. The summed E-state index contributed by atoms with van der Waals surface area (Å²) in [4.78, 5) is 27.4. The predicted molar refractivity (Wildman–Crippen MR) is 129 cm³/mol. The smallest absolute Gasteiger partial charge is 0.242 e. The lowest BCUT2D eigenvalue weighted by Gasteiger charge is -2.29. The maximum atomic E-state index is 13.2. The minimum Gasteiger partial charge on any atom is -0.354 e. The zero-order chi connectivity index (χ0) is 23.0. The first-order chi connectivity index (χ1) is 14.7. The molecule has 1 N–H and O–H groups in total. The standard InChI is InChI=1S/C25H32Cl2N2O2/c1-5-14-28-25(31)18(4)29(16-20-8-12-22(26)23(27)15-20)24(30)13-9-19-6-10-21(11-7-19)17(2)3/h6-8,10-12,15,17-18H,5,9,13-14,16H2,1-4H3,(H,28,31)/t18-/m0/s1. The van der Waals surface area contributed by atoms with Crippen LogP contribution in [0, 0.1) is 0 Å². The highest BCUT2D eigenvalue weighted by atomic mass is 35.5. The lowest BCUT2D eigenvalue weighted by molar-refractivity contribution is -0.140. The van der Waals surface area contributed by atoms with Crippen LogP contribution >= 0.6 is 23.2 Å². The summed E-state index contributed by atoms with van der Waals surface area (Å²) in [5.74, 6) is 0.245. The van der Waals surface area contributed by atoms with E-state index in [4.69, 9.17) is 23.2 Å². The summed E-state index contributed by atoms with van der Waals surface area (Å²) in [5, 5.41) is 3.77. The fourth-order valence-corrected chi connectivity index (χ4v) is 3.60. The minimum absolute atomic E-state index is 0.0712. The van der Waals surface area contributed by atoms with Gasteiger partial charge in [-0.15, -0.1) is 0 Å². The number of aryl methyl sites for hydroxylation is 1. The molecule has 0 bridgehead atoms. The molecule has 2 aromatic carbocycles. The van der Waals surface area contributed by atoms with Crippen molar-refractivity contribution >= 4 is 35.0 Å². The molecule has 0 aliphatic rings. The number of halogens is 2. The molecule has 0 fully saturated rings. The predicted octanol–water partition coefficient (Wildman–Crippen LogP) is 5.99. The van der Waals surface area contributed by atoms with Crippen LogP contribution in [-0.2, 0) is 22.6 Å². The number of rotatable bonds is 10. The summed E-state index contributed by atoms with van der Waals surface area (Å²) in [7, 11) is 0. The Kier molecular flexibility index (Phi) is 9.86. The van der Waals surface area contributed by atoms with Crippen LogP contribution < -0.4 is 5.32 Å². The first-order valence-corrected chi connectivity index (χ1v) is 11.6. The molecule has 0 radical (unpaired) electrons. The Morgan fingerprint density at radius 2 is 1.61 bits per heavy atom. The summed E-state index contributed by atoms with van der Waals surface area (Å²) >= 11 is 12.2. The Labute approximate surface area is 195 Å². The van der Waals surface area contributed by atoms with Gasteiger partial charge in [0.05, 0.1) is 10.0 Å². The number of carbonyl (C=O) groups excluding carboxylic acids is 2. The molecule has 1 atom stereocenters. The monoisotopic (exact) mass is 462 g/mol. The van der Waals surface area contributed by atoms with E-state index in [0.29, 0.717) is 41.9 Å². The van der Waals surface area contributed by atoms with E-state index in [2.05, 4.69) is 43.4 Å². The van der Waals surface area contributed by atoms with Gasteiger partial charge in [-0.2, -0.15) is 0 Å². The molecule has 0 aromatic heterocycles. The average molecular weight is 463 g/mol. The van der Waals surface area contributed by atoms with Crippen LogP contribution in [0.4, 0.5) is 0 Å². The van der Waals surface area contributed by atoms with E-state index in [0.717, 1.165) is 17.5 Å². The molecule has 4 nitrogen and oxygen atoms in total. The van der Waals surface area contributed by atoms with Gasteiger partial charge in [-0.25, -0.2) is 0 Å². The molecule has 0 heterocycles. The number of hydrogen-bond acceptors (Lipinski definition) is 2. The SMILES string of the molecule is CCCNC(=O)[C@H](C)N(Cc1ccc(Cl)c(Cl)c1)C(=O)CCc1ccc(C(C)C)cc1. The fourth-order valence-electron chi connectivity index (χ4n) is 3.28.